The fourth-order valence-corrected chi connectivity index (χ4v) is 6.61. The summed E-state index contributed by atoms with van der Waals surface area (Å²) < 4.78 is 5.80. The van der Waals surface area contributed by atoms with Crippen LogP contribution in [-0.2, 0) is 0 Å². The maximum atomic E-state index is 5.80. The molecule has 0 saturated heterocycles. The van der Waals surface area contributed by atoms with E-state index in [1.165, 1.54) is 21.9 Å². The van der Waals surface area contributed by atoms with E-state index in [0.29, 0.717) is 23.4 Å². The number of hydrogen-bond acceptors (Lipinski definition) is 5. The minimum absolute atomic E-state index is 0.636. The van der Waals surface area contributed by atoms with Crippen molar-refractivity contribution < 1.29 is 4.42 Å². The zero-order chi connectivity index (χ0) is 33.4. The lowest BCUT2D eigenvalue weighted by molar-refractivity contribution is 0.561. The van der Waals surface area contributed by atoms with Crippen LogP contribution in [0.5, 0.6) is 0 Å². The molecule has 9 rings (SSSR count). The van der Waals surface area contributed by atoms with Gasteiger partial charge in [-0.25, -0.2) is 19.9 Å². The van der Waals surface area contributed by atoms with Gasteiger partial charge in [-0.2, -0.15) is 0 Å². The Bertz CT molecular complexity index is 2570. The van der Waals surface area contributed by atoms with Gasteiger partial charge in [0.15, 0.2) is 28.9 Å². The van der Waals surface area contributed by atoms with Gasteiger partial charge in [0, 0.05) is 23.6 Å². The van der Waals surface area contributed by atoms with Gasteiger partial charge in [0.25, 0.3) is 0 Å². The average Bonchev–Trinajstić information content (AvgIpc) is 3.57. The molecule has 0 amide bonds. The van der Waals surface area contributed by atoms with Gasteiger partial charge in [-0.1, -0.05) is 152 Å². The number of aryl methyl sites for hydroxylation is 1. The van der Waals surface area contributed by atoms with Crippen molar-refractivity contribution in [1.29, 1.82) is 0 Å². The molecule has 5 heteroatoms. The summed E-state index contributed by atoms with van der Waals surface area (Å²) in [6, 6.07) is 56.7. The van der Waals surface area contributed by atoms with Gasteiger partial charge in [0.2, 0.25) is 0 Å². The first-order valence-corrected chi connectivity index (χ1v) is 16.6. The van der Waals surface area contributed by atoms with E-state index in [0.717, 1.165) is 50.0 Å². The van der Waals surface area contributed by atoms with Crippen LogP contribution in [0.15, 0.2) is 168 Å². The Kier molecular flexibility index (Phi) is 7.29. The maximum absolute atomic E-state index is 5.80. The van der Waals surface area contributed by atoms with Crippen LogP contribution in [0.4, 0.5) is 0 Å². The van der Waals surface area contributed by atoms with Crippen molar-refractivity contribution in [2.45, 2.75) is 6.92 Å². The van der Waals surface area contributed by atoms with E-state index < -0.39 is 0 Å². The number of rotatable bonds is 6. The highest BCUT2D eigenvalue weighted by atomic mass is 16.3. The Morgan fingerprint density at radius 2 is 0.920 bits per heavy atom. The fourth-order valence-electron chi connectivity index (χ4n) is 6.61. The molecule has 236 valence electrons. The van der Waals surface area contributed by atoms with Crippen molar-refractivity contribution in [2.75, 3.05) is 0 Å². The van der Waals surface area contributed by atoms with Gasteiger partial charge in [0.1, 0.15) is 5.52 Å². The zero-order valence-corrected chi connectivity index (χ0v) is 27.3. The van der Waals surface area contributed by atoms with Gasteiger partial charge in [0.05, 0.1) is 0 Å². The van der Waals surface area contributed by atoms with E-state index in [2.05, 4.69) is 102 Å². The number of benzene rings is 7. The highest BCUT2D eigenvalue weighted by Crippen LogP contribution is 2.39. The molecule has 0 aliphatic heterocycles. The van der Waals surface area contributed by atoms with Crippen LogP contribution >= 0.6 is 0 Å². The zero-order valence-electron chi connectivity index (χ0n) is 27.3. The molecule has 0 saturated carbocycles. The molecule has 0 spiro atoms. The molecule has 0 atom stereocenters. The lowest BCUT2D eigenvalue weighted by Crippen LogP contribution is -2.00. The highest BCUT2D eigenvalue weighted by Gasteiger charge is 2.15. The Morgan fingerprint density at radius 1 is 0.400 bits per heavy atom. The number of fused-ring (bicyclic) bond motifs is 2. The molecule has 0 aliphatic carbocycles. The van der Waals surface area contributed by atoms with Crippen LogP contribution in [0.3, 0.4) is 0 Å². The largest absolute Gasteiger partial charge is 0.441 e. The first kappa shape index (κ1) is 29.4. The van der Waals surface area contributed by atoms with Gasteiger partial charge >= 0.3 is 0 Å². The van der Waals surface area contributed by atoms with Crippen LogP contribution in [0, 0.1) is 6.92 Å². The molecular formula is C45H30N4O. The molecule has 0 aliphatic rings. The van der Waals surface area contributed by atoms with Crippen molar-refractivity contribution in [3.8, 4) is 67.5 Å². The van der Waals surface area contributed by atoms with Crippen molar-refractivity contribution in [3.63, 3.8) is 0 Å². The lowest BCUT2D eigenvalue weighted by Gasteiger charge is -2.15. The van der Waals surface area contributed by atoms with E-state index in [-0.39, 0.29) is 0 Å². The second kappa shape index (κ2) is 12.4. The fraction of sp³-hybridized carbons (Fsp3) is 0.0222. The topological polar surface area (TPSA) is 64.7 Å². The third-order valence-electron chi connectivity index (χ3n) is 9.08. The molecule has 0 radical (unpaired) electrons. The first-order valence-electron chi connectivity index (χ1n) is 16.6. The molecular weight excluding hydrogens is 613 g/mol. The summed E-state index contributed by atoms with van der Waals surface area (Å²) >= 11 is 0. The van der Waals surface area contributed by atoms with Crippen molar-refractivity contribution in [1.82, 2.24) is 19.9 Å². The van der Waals surface area contributed by atoms with Gasteiger partial charge in [-0.15, -0.1) is 0 Å². The number of hydrogen-bond donors (Lipinski definition) is 0. The smallest absolute Gasteiger partial charge is 0.192 e. The van der Waals surface area contributed by atoms with Gasteiger partial charge in [-0.3, -0.25) is 0 Å². The second-order valence-electron chi connectivity index (χ2n) is 12.3. The average molecular weight is 643 g/mol. The third kappa shape index (κ3) is 5.51. The van der Waals surface area contributed by atoms with Crippen LogP contribution in [0.25, 0.3) is 89.4 Å². The summed E-state index contributed by atoms with van der Waals surface area (Å²) in [7, 11) is 0. The Balaban J connectivity index is 1.12. The van der Waals surface area contributed by atoms with Crippen LogP contribution in [0.2, 0.25) is 0 Å². The molecule has 0 bridgehead atoms. The molecule has 0 fully saturated rings. The molecule has 0 unspecified atom stereocenters. The van der Waals surface area contributed by atoms with Crippen LogP contribution in [-0.4, -0.2) is 19.9 Å². The van der Waals surface area contributed by atoms with Crippen molar-refractivity contribution in [2.24, 2.45) is 0 Å². The standard InChI is InChI=1S/C45H30N4O/c1-29-46-40-27-25-37(28-41(40)50-29)30-16-18-32(19-17-30)39-26-24-31-10-8-9-15-38(31)42(39)33-20-22-36(23-21-33)45-48-43(34-11-4-2-5-12-34)47-44(49-45)35-13-6-3-7-14-35/h2-28H,1H3. The van der Waals surface area contributed by atoms with Gasteiger partial charge in [-0.05, 0) is 56.3 Å². The molecule has 50 heavy (non-hydrogen) atoms. The van der Waals surface area contributed by atoms with E-state index >= 15 is 0 Å². The van der Waals surface area contributed by atoms with Crippen LogP contribution < -0.4 is 0 Å². The van der Waals surface area contributed by atoms with E-state index in [1.807, 2.05) is 73.7 Å². The molecule has 7 aromatic carbocycles. The van der Waals surface area contributed by atoms with Crippen LogP contribution in [0.1, 0.15) is 5.89 Å². The Labute approximate surface area is 289 Å². The van der Waals surface area contributed by atoms with E-state index in [9.17, 15) is 0 Å². The Hall–Kier alpha value is -6.72. The predicted molar refractivity (Wildman–Crippen MR) is 202 cm³/mol. The highest BCUT2D eigenvalue weighted by molar-refractivity contribution is 6.04. The first-order chi connectivity index (χ1) is 24.7. The van der Waals surface area contributed by atoms with Gasteiger partial charge < -0.3 is 4.42 Å². The molecule has 5 nitrogen and oxygen atoms in total. The monoisotopic (exact) mass is 642 g/mol. The molecule has 2 heterocycles. The number of nitrogens with zero attached hydrogens (tertiary/aromatic N) is 4. The number of oxazole rings is 1. The normalized spacial score (nSPS) is 11.3. The number of aromatic nitrogens is 4. The van der Waals surface area contributed by atoms with Crippen molar-refractivity contribution in [3.05, 3.63) is 170 Å². The summed E-state index contributed by atoms with van der Waals surface area (Å²) in [4.78, 5) is 19.2. The molecule has 0 N–H and O–H groups in total. The van der Waals surface area contributed by atoms with Crippen molar-refractivity contribution >= 4 is 21.9 Å². The predicted octanol–water partition coefficient (Wildman–Crippen LogP) is 11.5. The summed E-state index contributed by atoms with van der Waals surface area (Å²) in [5, 5.41) is 2.39. The van der Waals surface area contributed by atoms with E-state index in [1.54, 1.807) is 0 Å². The summed E-state index contributed by atoms with van der Waals surface area (Å²) in [5.41, 5.74) is 11.3. The third-order valence-corrected chi connectivity index (χ3v) is 9.08. The summed E-state index contributed by atoms with van der Waals surface area (Å²) in [6.07, 6.45) is 0. The SMILES string of the molecule is Cc1nc2ccc(-c3ccc(-c4ccc5ccccc5c4-c4ccc(-c5nc(-c6ccccc6)nc(-c6ccccc6)n5)cc4)cc3)cc2o1. The summed E-state index contributed by atoms with van der Waals surface area (Å²) in [5.74, 6) is 2.60. The Morgan fingerprint density at radius 3 is 1.58 bits per heavy atom. The summed E-state index contributed by atoms with van der Waals surface area (Å²) in [6.45, 7) is 1.87. The molecule has 9 aromatic rings. The minimum atomic E-state index is 0.636. The molecule has 2 aromatic heterocycles. The quantitative estimate of drug-likeness (QED) is 0.181. The second-order valence-corrected chi connectivity index (χ2v) is 12.3. The minimum Gasteiger partial charge on any atom is -0.441 e. The maximum Gasteiger partial charge on any atom is 0.192 e. The van der Waals surface area contributed by atoms with E-state index in [4.69, 9.17) is 19.4 Å². The lowest BCUT2D eigenvalue weighted by atomic mass is 9.89.